The Morgan fingerprint density at radius 3 is 2.48 bits per heavy atom. The van der Waals surface area contributed by atoms with Crippen LogP contribution in [-0.2, 0) is 16.6 Å². The maximum Gasteiger partial charge on any atom is 0.251 e. The van der Waals surface area contributed by atoms with Crippen molar-refractivity contribution >= 4 is 21.6 Å². The van der Waals surface area contributed by atoms with Crippen molar-refractivity contribution in [3.63, 3.8) is 0 Å². The van der Waals surface area contributed by atoms with Gasteiger partial charge in [-0.3, -0.25) is 4.79 Å². The normalized spacial score (nSPS) is 11.0. The number of sulfonamides is 1. The summed E-state index contributed by atoms with van der Waals surface area (Å²) in [6, 6.07) is 18.6. The third-order valence-corrected chi connectivity index (χ3v) is 5.37. The molecule has 2 aromatic carbocycles. The molecule has 3 rings (SSSR count). The van der Waals surface area contributed by atoms with E-state index in [0.717, 1.165) is 5.69 Å². The summed E-state index contributed by atoms with van der Waals surface area (Å²) < 4.78 is 29.2. The van der Waals surface area contributed by atoms with Gasteiger partial charge in [-0.25, -0.2) is 13.4 Å². The quantitative estimate of drug-likeness (QED) is 0.711. The Bertz CT molecular complexity index is 1040. The van der Waals surface area contributed by atoms with E-state index in [1.54, 1.807) is 55.6 Å². The Hall–Kier alpha value is -3.19. The second-order valence-electron chi connectivity index (χ2n) is 5.95. The zero-order valence-electron chi connectivity index (χ0n) is 14.7. The van der Waals surface area contributed by atoms with Crippen LogP contribution in [0.2, 0.25) is 0 Å². The number of nitrogens with zero attached hydrogens (tertiary/aromatic N) is 1. The van der Waals surface area contributed by atoms with Crippen LogP contribution in [0.25, 0.3) is 4.72 Å². The number of pyridine rings is 1. The number of hydrogen-bond donors (Lipinski definition) is 1. The Morgan fingerprint density at radius 2 is 1.78 bits per heavy atom. The number of aromatic amines is 1. The highest BCUT2D eigenvalue weighted by atomic mass is 32.2. The number of hydrogen-bond acceptors (Lipinski definition) is 3. The molecule has 1 aromatic heterocycles. The van der Waals surface area contributed by atoms with Crippen LogP contribution in [0.4, 0.5) is 5.69 Å². The molecule has 0 fully saturated rings. The van der Waals surface area contributed by atoms with Crippen molar-refractivity contribution < 1.29 is 18.2 Å². The molecule has 0 aliphatic heterocycles. The number of aromatic nitrogens is 1. The Labute approximate surface area is 158 Å². The Kier molecular flexibility index (Phi) is 5.52. The number of amides is 1. The van der Waals surface area contributed by atoms with Crippen LogP contribution in [0.3, 0.4) is 0 Å². The van der Waals surface area contributed by atoms with Crippen LogP contribution in [0.1, 0.15) is 21.6 Å². The van der Waals surface area contributed by atoms with E-state index < -0.39 is 10.0 Å². The van der Waals surface area contributed by atoms with E-state index in [1.807, 2.05) is 18.2 Å². The molecule has 0 atom stereocenters. The maximum atomic E-state index is 12.7. The van der Waals surface area contributed by atoms with E-state index in [2.05, 4.69) is 15.0 Å². The summed E-state index contributed by atoms with van der Waals surface area (Å²) in [7, 11) is -3.93. The predicted molar refractivity (Wildman–Crippen MR) is 102 cm³/mol. The Morgan fingerprint density at radius 1 is 1.04 bits per heavy atom. The van der Waals surface area contributed by atoms with E-state index in [0.29, 0.717) is 17.8 Å². The number of nitrogens with one attached hydrogen (secondary N) is 2. The van der Waals surface area contributed by atoms with Gasteiger partial charge < -0.3 is 10.0 Å². The van der Waals surface area contributed by atoms with Gasteiger partial charge in [0.2, 0.25) is 0 Å². The van der Waals surface area contributed by atoms with Gasteiger partial charge in [0.25, 0.3) is 5.91 Å². The smallest absolute Gasteiger partial charge is 0.251 e. The van der Waals surface area contributed by atoms with Gasteiger partial charge in [0.1, 0.15) is 16.6 Å². The van der Waals surface area contributed by atoms with Gasteiger partial charge in [0, 0.05) is 17.7 Å². The molecule has 0 saturated heterocycles. The highest BCUT2D eigenvalue weighted by Gasteiger charge is 2.14. The molecule has 0 radical (unpaired) electrons. The maximum absolute atomic E-state index is 12.7. The van der Waals surface area contributed by atoms with Crippen molar-refractivity contribution in [2.24, 2.45) is 0 Å². The van der Waals surface area contributed by atoms with E-state index >= 15 is 0 Å². The minimum atomic E-state index is -3.93. The number of carbonyl (C=O) groups excluding carboxylic acids is 1. The SMILES string of the molecule is Cc1ccc(C(=O)NCc2cccc[nH+]2)cc1S(=O)(=O)[N-]c1ccccc1. The van der Waals surface area contributed by atoms with Gasteiger partial charge in [-0.2, -0.15) is 0 Å². The fourth-order valence-electron chi connectivity index (χ4n) is 2.51. The van der Waals surface area contributed by atoms with Gasteiger partial charge in [0.05, 0.1) is 4.90 Å². The summed E-state index contributed by atoms with van der Waals surface area (Å²) in [5, 5.41) is 2.77. The molecule has 7 heteroatoms. The minimum absolute atomic E-state index is 0.0188. The third-order valence-electron chi connectivity index (χ3n) is 3.92. The summed E-state index contributed by atoms with van der Waals surface area (Å²) in [5.74, 6) is -0.358. The van der Waals surface area contributed by atoms with Gasteiger partial charge in [0.15, 0.2) is 11.9 Å². The van der Waals surface area contributed by atoms with Crippen LogP contribution in [0.5, 0.6) is 0 Å². The predicted octanol–water partition coefficient (Wildman–Crippen LogP) is 3.13. The average molecular weight is 381 g/mol. The zero-order chi connectivity index (χ0) is 19.3. The highest BCUT2D eigenvalue weighted by molar-refractivity contribution is 7.94. The van der Waals surface area contributed by atoms with Crippen molar-refractivity contribution in [3.05, 3.63) is 94.5 Å². The number of H-pyrrole nitrogens is 1. The molecule has 0 spiro atoms. The van der Waals surface area contributed by atoms with Crippen LogP contribution in [-0.4, -0.2) is 14.3 Å². The number of rotatable bonds is 6. The molecule has 0 aliphatic rings. The summed E-state index contributed by atoms with van der Waals surface area (Å²) in [4.78, 5) is 15.5. The van der Waals surface area contributed by atoms with E-state index in [4.69, 9.17) is 0 Å². The first-order valence-electron chi connectivity index (χ1n) is 8.33. The largest absolute Gasteiger partial charge is 0.573 e. The van der Waals surface area contributed by atoms with Gasteiger partial charge in [-0.1, -0.05) is 42.5 Å². The third kappa shape index (κ3) is 4.71. The second kappa shape index (κ2) is 8.01. The standard InChI is InChI=1S/C20H18N3O3S/c1-15-10-11-16(20(24)22-14-18-9-5-6-12-21-18)13-19(15)27(25,26)23-17-7-3-2-4-8-17/h2-13H,14H2,1H3,(H,22,24)/q-1/p+1. The van der Waals surface area contributed by atoms with Crippen molar-refractivity contribution in [2.45, 2.75) is 18.4 Å². The van der Waals surface area contributed by atoms with Crippen molar-refractivity contribution in [3.8, 4) is 0 Å². The van der Waals surface area contributed by atoms with E-state index in [1.165, 1.54) is 6.07 Å². The first-order chi connectivity index (χ1) is 13.0. The molecular weight excluding hydrogens is 362 g/mol. The highest BCUT2D eigenvalue weighted by Crippen LogP contribution is 2.29. The molecule has 0 aliphatic carbocycles. The average Bonchev–Trinajstić information content (AvgIpc) is 2.67. The number of aryl methyl sites for hydroxylation is 1. The molecule has 138 valence electrons. The van der Waals surface area contributed by atoms with Crippen molar-refractivity contribution in [1.82, 2.24) is 5.32 Å². The molecule has 0 saturated carbocycles. The summed E-state index contributed by atoms with van der Waals surface area (Å²) in [5.41, 5.74) is 1.97. The molecule has 0 bridgehead atoms. The molecule has 6 nitrogen and oxygen atoms in total. The molecule has 1 amide bonds. The van der Waals surface area contributed by atoms with Gasteiger partial charge >= 0.3 is 0 Å². The molecule has 1 heterocycles. The van der Waals surface area contributed by atoms with Crippen LogP contribution >= 0.6 is 0 Å². The molecule has 0 unspecified atom stereocenters. The van der Waals surface area contributed by atoms with Crippen molar-refractivity contribution in [2.75, 3.05) is 0 Å². The van der Waals surface area contributed by atoms with Crippen LogP contribution in [0, 0.1) is 6.92 Å². The molecule has 2 N–H and O–H groups in total. The molecule has 27 heavy (non-hydrogen) atoms. The lowest BCUT2D eigenvalue weighted by Crippen LogP contribution is -2.26. The fourth-order valence-corrected chi connectivity index (χ4v) is 3.76. The van der Waals surface area contributed by atoms with Crippen LogP contribution < -0.4 is 10.3 Å². The monoisotopic (exact) mass is 381 g/mol. The van der Waals surface area contributed by atoms with Gasteiger partial charge in [-0.05, 0) is 24.6 Å². The lowest BCUT2D eigenvalue weighted by atomic mass is 10.1. The summed E-state index contributed by atoms with van der Waals surface area (Å²) in [6.45, 7) is 1.98. The lowest BCUT2D eigenvalue weighted by molar-refractivity contribution is -0.390. The van der Waals surface area contributed by atoms with Gasteiger partial charge in [-0.15, -0.1) is 5.69 Å². The zero-order valence-corrected chi connectivity index (χ0v) is 15.5. The summed E-state index contributed by atoms with van der Waals surface area (Å²) >= 11 is 0. The Balaban J connectivity index is 1.80. The summed E-state index contributed by atoms with van der Waals surface area (Å²) in [6.07, 6.45) is 1.77. The van der Waals surface area contributed by atoms with E-state index in [-0.39, 0.29) is 16.4 Å². The van der Waals surface area contributed by atoms with Crippen molar-refractivity contribution in [1.29, 1.82) is 0 Å². The fraction of sp³-hybridized carbons (Fsp3) is 0.100. The lowest BCUT2D eigenvalue weighted by Gasteiger charge is -2.23. The second-order valence-corrected chi connectivity index (χ2v) is 7.53. The molecular formula is C20H19N3O3S. The number of benzene rings is 2. The van der Waals surface area contributed by atoms with Crippen LogP contribution in [0.15, 0.2) is 77.8 Å². The first-order valence-corrected chi connectivity index (χ1v) is 9.77. The topological polar surface area (TPSA) is 91.5 Å². The molecule has 3 aromatic rings. The number of carbonyl (C=O) groups is 1. The minimum Gasteiger partial charge on any atom is -0.573 e. The first kappa shape index (κ1) is 18.6. The van der Waals surface area contributed by atoms with E-state index in [9.17, 15) is 13.2 Å².